The van der Waals surface area contributed by atoms with Crippen LogP contribution >= 0.6 is 0 Å². The summed E-state index contributed by atoms with van der Waals surface area (Å²) in [7, 11) is 0. The third-order valence-corrected chi connectivity index (χ3v) is 4.61. The second-order valence-electron chi connectivity index (χ2n) is 7.50. The van der Waals surface area contributed by atoms with Crippen molar-refractivity contribution in [2.45, 2.75) is 25.7 Å². The molecule has 1 fully saturated rings. The summed E-state index contributed by atoms with van der Waals surface area (Å²) in [6.45, 7) is 2.74. The topological polar surface area (TPSA) is 100 Å². The van der Waals surface area contributed by atoms with Crippen LogP contribution in [-0.4, -0.2) is 52.8 Å². The van der Waals surface area contributed by atoms with Crippen LogP contribution in [-0.2, 0) is 4.79 Å². The Kier molecular flexibility index (Phi) is 6.28. The number of ether oxygens (including phenoxy) is 2. The molecule has 1 aliphatic rings. The van der Waals surface area contributed by atoms with Crippen LogP contribution in [0.2, 0.25) is 0 Å². The summed E-state index contributed by atoms with van der Waals surface area (Å²) >= 11 is 0. The molecule has 0 bridgehead atoms. The van der Waals surface area contributed by atoms with E-state index < -0.39 is 23.8 Å². The van der Waals surface area contributed by atoms with E-state index in [1.807, 2.05) is 0 Å². The average molecular weight is 451 g/mol. The third kappa shape index (κ3) is 5.48. The number of rotatable bonds is 7. The lowest BCUT2D eigenvalue weighted by molar-refractivity contribution is -0.274. The Morgan fingerprint density at radius 2 is 1.56 bits per heavy atom. The fraction of sp³-hybridized carbons (Fsp3) is 0.286. The first-order valence-corrected chi connectivity index (χ1v) is 9.41. The summed E-state index contributed by atoms with van der Waals surface area (Å²) in [5.41, 5.74) is 0.430. The van der Waals surface area contributed by atoms with E-state index in [1.165, 1.54) is 24.3 Å². The molecule has 0 atom stereocenters. The summed E-state index contributed by atoms with van der Waals surface area (Å²) < 4.78 is 46.2. The zero-order valence-electron chi connectivity index (χ0n) is 17.1. The Labute approximate surface area is 181 Å². The van der Waals surface area contributed by atoms with Gasteiger partial charge in [-0.2, -0.15) is 0 Å². The largest absolute Gasteiger partial charge is 0.573 e. The van der Waals surface area contributed by atoms with Gasteiger partial charge in [-0.1, -0.05) is 29.4 Å². The molecule has 2 aromatic rings. The van der Waals surface area contributed by atoms with Gasteiger partial charge in [-0.15, -0.1) is 13.2 Å². The Balaban J connectivity index is 1.58. The van der Waals surface area contributed by atoms with Crippen molar-refractivity contribution >= 4 is 17.6 Å². The summed E-state index contributed by atoms with van der Waals surface area (Å²) in [4.78, 5) is 25.1. The van der Waals surface area contributed by atoms with Crippen molar-refractivity contribution in [1.29, 1.82) is 0 Å². The number of alkyl halides is 3. The highest BCUT2D eigenvalue weighted by atomic mass is 19.4. The maximum atomic E-state index is 12.3. The van der Waals surface area contributed by atoms with E-state index in [-0.39, 0.29) is 24.6 Å². The van der Waals surface area contributed by atoms with Gasteiger partial charge in [0.05, 0.1) is 6.54 Å². The van der Waals surface area contributed by atoms with Crippen molar-refractivity contribution in [2.75, 3.05) is 13.2 Å². The molecular formula is C21H20F3N3O5. The maximum Gasteiger partial charge on any atom is 0.573 e. The number of amides is 3. The molecule has 0 aromatic heterocycles. The summed E-state index contributed by atoms with van der Waals surface area (Å²) in [6.07, 6.45) is -4.75. The third-order valence-electron chi connectivity index (χ3n) is 4.61. The predicted octanol–water partition coefficient (Wildman–Crippen LogP) is 3.79. The summed E-state index contributed by atoms with van der Waals surface area (Å²) in [6, 6.07) is 11.5. The minimum absolute atomic E-state index is 0.0653. The molecule has 32 heavy (non-hydrogen) atoms. The summed E-state index contributed by atoms with van der Waals surface area (Å²) in [5.74, 6) is -0.338. The second-order valence-corrected chi connectivity index (χ2v) is 7.50. The molecule has 2 aromatic carbocycles. The van der Waals surface area contributed by atoms with Crippen molar-refractivity contribution in [1.82, 2.24) is 10.2 Å². The maximum absolute atomic E-state index is 12.3. The van der Waals surface area contributed by atoms with Gasteiger partial charge in [0.15, 0.2) is 0 Å². The lowest BCUT2D eigenvalue weighted by atomic mass is 10.1. The molecule has 0 aliphatic carbocycles. The van der Waals surface area contributed by atoms with E-state index in [2.05, 4.69) is 15.2 Å². The molecular weight excluding hydrogens is 431 g/mol. The van der Waals surface area contributed by atoms with Gasteiger partial charge >= 0.3 is 12.4 Å². The normalized spacial score (nSPS) is 16.2. The van der Waals surface area contributed by atoms with E-state index in [4.69, 9.17) is 4.74 Å². The molecule has 2 N–H and O–H groups in total. The molecule has 3 amide bonds. The lowest BCUT2D eigenvalue weighted by Crippen LogP contribution is -2.41. The van der Waals surface area contributed by atoms with E-state index in [9.17, 15) is 28.0 Å². The van der Waals surface area contributed by atoms with Crippen molar-refractivity contribution in [3.8, 4) is 22.6 Å². The molecule has 0 radical (unpaired) electrons. The molecule has 11 heteroatoms. The number of hydrogen-bond donors (Lipinski definition) is 2. The van der Waals surface area contributed by atoms with Crippen molar-refractivity contribution in [2.24, 2.45) is 5.16 Å². The molecule has 1 heterocycles. The SMILES string of the molecule is CC1(C)NC(=O)N(CC(COc2ccc(-c3ccc(OC(F)(F)F)cc3)cc2)=NO)C1=O. The smallest absolute Gasteiger partial charge is 0.487 e. The number of urea groups is 1. The minimum atomic E-state index is -4.75. The fourth-order valence-corrected chi connectivity index (χ4v) is 3.01. The second kappa shape index (κ2) is 8.77. The van der Waals surface area contributed by atoms with Gasteiger partial charge in [0, 0.05) is 0 Å². The van der Waals surface area contributed by atoms with E-state index in [0.29, 0.717) is 11.3 Å². The zero-order chi connectivity index (χ0) is 23.5. The van der Waals surface area contributed by atoms with E-state index in [0.717, 1.165) is 10.5 Å². The Bertz CT molecular complexity index is 1020. The molecule has 0 spiro atoms. The van der Waals surface area contributed by atoms with Gasteiger partial charge in [-0.25, -0.2) is 4.79 Å². The van der Waals surface area contributed by atoms with Crippen LogP contribution in [0.1, 0.15) is 13.8 Å². The van der Waals surface area contributed by atoms with Gasteiger partial charge < -0.3 is 20.0 Å². The van der Waals surface area contributed by atoms with Crippen LogP contribution in [0, 0.1) is 0 Å². The lowest BCUT2D eigenvalue weighted by Gasteiger charge is -2.16. The monoisotopic (exact) mass is 451 g/mol. The number of hydrogen-bond acceptors (Lipinski definition) is 6. The highest BCUT2D eigenvalue weighted by Crippen LogP contribution is 2.27. The van der Waals surface area contributed by atoms with Crippen LogP contribution in [0.15, 0.2) is 53.7 Å². The fourth-order valence-electron chi connectivity index (χ4n) is 3.01. The molecule has 1 aliphatic heterocycles. The molecule has 0 saturated carbocycles. The highest BCUT2D eigenvalue weighted by molar-refractivity contribution is 6.09. The van der Waals surface area contributed by atoms with Gasteiger partial charge in [-0.3, -0.25) is 9.69 Å². The minimum Gasteiger partial charge on any atom is -0.487 e. The number of carbonyl (C=O) groups is 2. The van der Waals surface area contributed by atoms with Gasteiger partial charge in [-0.05, 0) is 49.2 Å². The Morgan fingerprint density at radius 1 is 1.03 bits per heavy atom. The van der Waals surface area contributed by atoms with E-state index in [1.54, 1.807) is 38.1 Å². The number of imide groups is 1. The number of oxime groups is 1. The first-order chi connectivity index (χ1) is 15.0. The van der Waals surface area contributed by atoms with Crippen LogP contribution in [0.3, 0.4) is 0 Å². The van der Waals surface area contributed by atoms with Crippen LogP contribution < -0.4 is 14.8 Å². The van der Waals surface area contributed by atoms with E-state index >= 15 is 0 Å². The number of nitrogens with one attached hydrogen (secondary N) is 1. The number of nitrogens with zero attached hydrogens (tertiary/aromatic N) is 2. The highest BCUT2D eigenvalue weighted by Gasteiger charge is 2.44. The molecule has 1 saturated heterocycles. The predicted molar refractivity (Wildman–Crippen MR) is 108 cm³/mol. The van der Waals surface area contributed by atoms with Crippen molar-refractivity contribution in [3.63, 3.8) is 0 Å². The quantitative estimate of drug-likeness (QED) is 0.289. The van der Waals surface area contributed by atoms with Crippen LogP contribution in [0.5, 0.6) is 11.5 Å². The van der Waals surface area contributed by atoms with Gasteiger partial charge in [0.1, 0.15) is 29.4 Å². The standard InChI is InChI=1S/C21H20F3N3O5/c1-20(2)18(28)27(19(29)25-20)11-15(26-30)12-31-16-7-3-13(4-8-16)14-5-9-17(10-6-14)32-21(22,23)24/h3-10,30H,11-12H2,1-2H3,(H,25,29). The summed E-state index contributed by atoms with van der Waals surface area (Å²) in [5, 5.41) is 14.8. The average Bonchev–Trinajstić information content (AvgIpc) is 2.92. The first kappa shape index (κ1) is 22.9. The zero-order valence-corrected chi connectivity index (χ0v) is 17.1. The van der Waals surface area contributed by atoms with Crippen molar-refractivity contribution < 1.29 is 37.4 Å². The number of benzene rings is 2. The van der Waals surface area contributed by atoms with Crippen LogP contribution in [0.25, 0.3) is 11.1 Å². The molecule has 8 nitrogen and oxygen atoms in total. The molecule has 3 rings (SSSR count). The Hall–Kier alpha value is -3.76. The molecule has 0 unspecified atom stereocenters. The van der Waals surface area contributed by atoms with Crippen molar-refractivity contribution in [3.05, 3.63) is 48.5 Å². The van der Waals surface area contributed by atoms with Gasteiger partial charge in [0.25, 0.3) is 5.91 Å². The van der Waals surface area contributed by atoms with Gasteiger partial charge in [0.2, 0.25) is 0 Å². The van der Waals surface area contributed by atoms with Crippen LogP contribution in [0.4, 0.5) is 18.0 Å². The number of halogens is 3. The Morgan fingerprint density at radius 3 is 2.00 bits per heavy atom. The molecule has 170 valence electrons. The first-order valence-electron chi connectivity index (χ1n) is 9.41. The number of carbonyl (C=O) groups excluding carboxylic acids is 2.